The second-order valence-electron chi connectivity index (χ2n) is 7.23. The van der Waals surface area contributed by atoms with Crippen molar-refractivity contribution in [2.45, 2.75) is 52.2 Å². The lowest BCUT2D eigenvalue weighted by atomic mass is 9.95. The largest absolute Gasteiger partial charge is 0.444 e. The number of carbonyl (C=O) groups excluding carboxylic acids is 1. The highest BCUT2D eigenvalue weighted by atomic mass is 16.6. The van der Waals surface area contributed by atoms with Gasteiger partial charge in [0.1, 0.15) is 5.60 Å². The summed E-state index contributed by atoms with van der Waals surface area (Å²) in [6.45, 7) is 10.2. The average molecular weight is 323 g/mol. The van der Waals surface area contributed by atoms with E-state index in [2.05, 4.69) is 22.6 Å². The molecule has 1 amide bonds. The SMILES string of the molecule is CCNC(Cc1cn(C)nn1)C1CCN(C(=O)OC(C)(C)C)C1. The summed E-state index contributed by atoms with van der Waals surface area (Å²) in [5.74, 6) is 0.407. The Morgan fingerprint density at radius 1 is 1.52 bits per heavy atom. The first-order chi connectivity index (χ1) is 10.8. The van der Waals surface area contributed by atoms with Crippen LogP contribution in [-0.2, 0) is 18.2 Å². The quantitative estimate of drug-likeness (QED) is 0.891. The Hall–Kier alpha value is -1.63. The van der Waals surface area contributed by atoms with Crippen molar-refractivity contribution in [3.05, 3.63) is 11.9 Å². The summed E-state index contributed by atoms with van der Waals surface area (Å²) in [5, 5.41) is 11.7. The molecular weight excluding hydrogens is 294 g/mol. The van der Waals surface area contributed by atoms with Gasteiger partial charge in [-0.2, -0.15) is 0 Å². The van der Waals surface area contributed by atoms with Crippen LogP contribution in [0.25, 0.3) is 0 Å². The molecule has 0 aromatic carbocycles. The van der Waals surface area contributed by atoms with E-state index in [1.807, 2.05) is 38.9 Å². The van der Waals surface area contributed by atoms with Crippen molar-refractivity contribution in [1.82, 2.24) is 25.2 Å². The van der Waals surface area contributed by atoms with Crippen molar-refractivity contribution in [2.24, 2.45) is 13.0 Å². The molecule has 23 heavy (non-hydrogen) atoms. The maximum Gasteiger partial charge on any atom is 0.410 e. The molecule has 1 aromatic heterocycles. The van der Waals surface area contributed by atoms with Gasteiger partial charge in [0.2, 0.25) is 0 Å². The number of carbonyl (C=O) groups is 1. The Kier molecular flexibility index (Phi) is 5.62. The van der Waals surface area contributed by atoms with Crippen LogP contribution in [0.2, 0.25) is 0 Å². The fourth-order valence-electron chi connectivity index (χ4n) is 2.99. The van der Waals surface area contributed by atoms with E-state index in [9.17, 15) is 4.79 Å². The zero-order valence-electron chi connectivity index (χ0n) is 14.9. The topological polar surface area (TPSA) is 72.3 Å². The van der Waals surface area contributed by atoms with Gasteiger partial charge in [-0.1, -0.05) is 12.1 Å². The number of nitrogens with zero attached hydrogens (tertiary/aromatic N) is 4. The molecule has 7 heteroatoms. The first kappa shape index (κ1) is 17.7. The highest BCUT2D eigenvalue weighted by Gasteiger charge is 2.34. The van der Waals surface area contributed by atoms with Gasteiger partial charge < -0.3 is 15.0 Å². The minimum absolute atomic E-state index is 0.213. The molecule has 0 radical (unpaired) electrons. The summed E-state index contributed by atoms with van der Waals surface area (Å²) in [5.41, 5.74) is 0.532. The molecule has 0 saturated carbocycles. The molecule has 0 aliphatic carbocycles. The van der Waals surface area contributed by atoms with Crippen LogP contribution in [0.15, 0.2) is 6.20 Å². The van der Waals surface area contributed by atoms with Gasteiger partial charge >= 0.3 is 6.09 Å². The molecular formula is C16H29N5O2. The molecule has 1 fully saturated rings. The predicted molar refractivity (Wildman–Crippen MR) is 88.1 cm³/mol. The molecule has 0 bridgehead atoms. The standard InChI is InChI=1S/C16H29N5O2/c1-6-17-14(9-13-11-20(5)19-18-13)12-7-8-21(10-12)15(22)23-16(2,3)4/h11-12,14,17H,6-10H2,1-5H3. The van der Waals surface area contributed by atoms with Crippen LogP contribution in [0.1, 0.15) is 39.8 Å². The monoisotopic (exact) mass is 323 g/mol. The van der Waals surface area contributed by atoms with Crippen molar-refractivity contribution in [3.63, 3.8) is 0 Å². The number of ether oxygens (including phenoxy) is 1. The number of aromatic nitrogens is 3. The highest BCUT2D eigenvalue weighted by Crippen LogP contribution is 2.23. The third-order valence-corrected chi connectivity index (χ3v) is 3.99. The first-order valence-electron chi connectivity index (χ1n) is 8.35. The van der Waals surface area contributed by atoms with Gasteiger partial charge in [0, 0.05) is 38.8 Å². The minimum atomic E-state index is -0.449. The van der Waals surface area contributed by atoms with Crippen LogP contribution in [-0.4, -0.2) is 57.3 Å². The van der Waals surface area contributed by atoms with Gasteiger partial charge in [0.25, 0.3) is 0 Å². The van der Waals surface area contributed by atoms with Crippen LogP contribution in [0.4, 0.5) is 4.79 Å². The van der Waals surface area contributed by atoms with Crippen molar-refractivity contribution in [3.8, 4) is 0 Å². The fraction of sp³-hybridized carbons (Fsp3) is 0.812. The molecule has 1 aliphatic rings. The van der Waals surface area contributed by atoms with Gasteiger partial charge in [0.15, 0.2) is 0 Å². The van der Waals surface area contributed by atoms with Crippen LogP contribution in [0.3, 0.4) is 0 Å². The Morgan fingerprint density at radius 2 is 2.26 bits per heavy atom. The summed E-state index contributed by atoms with van der Waals surface area (Å²) in [7, 11) is 1.87. The molecule has 2 atom stereocenters. The normalized spacial score (nSPS) is 19.9. The Morgan fingerprint density at radius 3 is 2.83 bits per heavy atom. The molecule has 1 N–H and O–H groups in total. The molecule has 1 saturated heterocycles. The molecule has 130 valence electrons. The summed E-state index contributed by atoms with van der Waals surface area (Å²) in [4.78, 5) is 14.0. The zero-order valence-corrected chi connectivity index (χ0v) is 14.9. The average Bonchev–Trinajstić information content (AvgIpc) is 3.05. The van der Waals surface area contributed by atoms with E-state index in [0.29, 0.717) is 12.0 Å². The Labute approximate surface area is 138 Å². The van der Waals surface area contributed by atoms with Crippen LogP contribution >= 0.6 is 0 Å². The zero-order chi connectivity index (χ0) is 17.0. The van der Waals surface area contributed by atoms with Crippen LogP contribution in [0, 0.1) is 5.92 Å². The Balaban J connectivity index is 1.94. The van der Waals surface area contributed by atoms with E-state index in [0.717, 1.165) is 38.2 Å². The third kappa shape index (κ3) is 5.20. The third-order valence-electron chi connectivity index (χ3n) is 3.99. The second-order valence-corrected chi connectivity index (χ2v) is 7.23. The number of hydrogen-bond donors (Lipinski definition) is 1. The lowest BCUT2D eigenvalue weighted by Crippen LogP contribution is -2.41. The number of aryl methyl sites for hydroxylation is 1. The summed E-state index contributed by atoms with van der Waals surface area (Å²) in [6, 6.07) is 0.295. The summed E-state index contributed by atoms with van der Waals surface area (Å²) in [6.07, 6.45) is 3.55. The van der Waals surface area contributed by atoms with Crippen LogP contribution < -0.4 is 5.32 Å². The maximum atomic E-state index is 12.2. The number of likely N-dealkylation sites (N-methyl/N-ethyl adjacent to an activating group) is 1. The number of nitrogens with one attached hydrogen (secondary N) is 1. The summed E-state index contributed by atoms with van der Waals surface area (Å²) >= 11 is 0. The fourth-order valence-corrected chi connectivity index (χ4v) is 2.99. The molecule has 1 aliphatic heterocycles. The van der Waals surface area contributed by atoms with E-state index in [-0.39, 0.29) is 6.09 Å². The lowest BCUT2D eigenvalue weighted by molar-refractivity contribution is 0.0285. The molecule has 0 spiro atoms. The number of hydrogen-bond acceptors (Lipinski definition) is 5. The lowest BCUT2D eigenvalue weighted by Gasteiger charge is -2.26. The van der Waals surface area contributed by atoms with E-state index in [1.54, 1.807) is 4.68 Å². The van der Waals surface area contributed by atoms with Crippen molar-refractivity contribution in [1.29, 1.82) is 0 Å². The second kappa shape index (κ2) is 7.29. The molecule has 7 nitrogen and oxygen atoms in total. The van der Waals surface area contributed by atoms with Crippen molar-refractivity contribution >= 4 is 6.09 Å². The van der Waals surface area contributed by atoms with Gasteiger partial charge in [-0.3, -0.25) is 4.68 Å². The predicted octanol–water partition coefficient (Wildman–Crippen LogP) is 1.59. The van der Waals surface area contributed by atoms with E-state index < -0.39 is 5.60 Å². The van der Waals surface area contributed by atoms with Crippen molar-refractivity contribution < 1.29 is 9.53 Å². The van der Waals surface area contributed by atoms with Gasteiger partial charge in [0.05, 0.1) is 5.69 Å². The summed E-state index contributed by atoms with van der Waals surface area (Å²) < 4.78 is 7.19. The van der Waals surface area contributed by atoms with E-state index >= 15 is 0 Å². The van der Waals surface area contributed by atoms with Crippen molar-refractivity contribution in [2.75, 3.05) is 19.6 Å². The Bertz CT molecular complexity index is 523. The van der Waals surface area contributed by atoms with E-state index in [1.165, 1.54) is 0 Å². The smallest absolute Gasteiger partial charge is 0.410 e. The molecule has 2 rings (SSSR count). The number of likely N-dealkylation sites (tertiary alicyclic amines) is 1. The minimum Gasteiger partial charge on any atom is -0.444 e. The highest BCUT2D eigenvalue weighted by molar-refractivity contribution is 5.68. The number of rotatable bonds is 5. The first-order valence-corrected chi connectivity index (χ1v) is 8.35. The molecule has 2 heterocycles. The van der Waals surface area contributed by atoms with Crippen LogP contribution in [0.5, 0.6) is 0 Å². The molecule has 1 aromatic rings. The molecule has 2 unspecified atom stereocenters. The van der Waals surface area contributed by atoms with Gasteiger partial charge in [-0.25, -0.2) is 4.79 Å². The number of amides is 1. The van der Waals surface area contributed by atoms with Gasteiger partial charge in [-0.05, 0) is 39.7 Å². The van der Waals surface area contributed by atoms with Gasteiger partial charge in [-0.15, -0.1) is 5.10 Å². The van der Waals surface area contributed by atoms with E-state index in [4.69, 9.17) is 4.74 Å². The maximum absolute atomic E-state index is 12.2.